The number of ether oxygens (including phenoxy) is 1. The molecule has 6 nitrogen and oxygen atoms in total. The average Bonchev–Trinajstić information content (AvgIpc) is 3.13. The molecule has 0 bridgehead atoms. The lowest BCUT2D eigenvalue weighted by Gasteiger charge is -2.07. The van der Waals surface area contributed by atoms with Crippen molar-refractivity contribution >= 4 is 29.1 Å². The minimum atomic E-state index is -0.479. The minimum absolute atomic E-state index is 0.200. The van der Waals surface area contributed by atoms with E-state index in [2.05, 4.69) is 14.9 Å². The highest BCUT2D eigenvalue weighted by Crippen LogP contribution is 2.20. The number of hydrogen-bond donors (Lipinski definition) is 1. The van der Waals surface area contributed by atoms with Crippen LogP contribution in [0.3, 0.4) is 0 Å². The highest BCUT2D eigenvalue weighted by Gasteiger charge is 2.17. The van der Waals surface area contributed by atoms with Crippen molar-refractivity contribution in [2.24, 2.45) is 0 Å². The van der Waals surface area contributed by atoms with Crippen LogP contribution >= 0.6 is 11.5 Å². The molecule has 0 unspecified atom stereocenters. The molecular formula is C18H15N3O3S. The van der Waals surface area contributed by atoms with Gasteiger partial charge in [-0.2, -0.15) is 0 Å². The molecule has 0 fully saturated rings. The van der Waals surface area contributed by atoms with Gasteiger partial charge in [0.25, 0.3) is 5.91 Å². The lowest BCUT2D eigenvalue weighted by atomic mass is 10.2. The van der Waals surface area contributed by atoms with Crippen molar-refractivity contribution in [2.45, 2.75) is 13.3 Å². The van der Waals surface area contributed by atoms with E-state index in [-0.39, 0.29) is 5.91 Å². The quantitative estimate of drug-likeness (QED) is 0.560. The molecule has 3 aromatic rings. The lowest BCUT2D eigenvalue weighted by molar-refractivity contribution is 0.0738. The van der Waals surface area contributed by atoms with E-state index in [1.54, 1.807) is 48.5 Å². The monoisotopic (exact) mass is 353 g/mol. The largest absolute Gasteiger partial charge is 0.422 e. The number of anilines is 1. The lowest BCUT2D eigenvalue weighted by Crippen LogP contribution is -2.12. The first-order chi connectivity index (χ1) is 12.2. The number of rotatable bonds is 5. The molecule has 25 heavy (non-hydrogen) atoms. The summed E-state index contributed by atoms with van der Waals surface area (Å²) in [6.07, 6.45) is 0.616. The number of benzene rings is 2. The van der Waals surface area contributed by atoms with Crippen LogP contribution in [0.25, 0.3) is 0 Å². The number of nitrogens with one attached hydrogen (secondary N) is 1. The van der Waals surface area contributed by atoms with Gasteiger partial charge in [0.15, 0.2) is 4.88 Å². The summed E-state index contributed by atoms with van der Waals surface area (Å²) >= 11 is 1.02. The molecule has 0 aliphatic heterocycles. The van der Waals surface area contributed by atoms with Gasteiger partial charge in [-0.3, -0.25) is 4.79 Å². The van der Waals surface area contributed by atoms with Crippen molar-refractivity contribution in [3.63, 3.8) is 0 Å². The number of amides is 1. The van der Waals surface area contributed by atoms with Crippen molar-refractivity contribution in [1.82, 2.24) is 9.59 Å². The second-order valence-electron chi connectivity index (χ2n) is 5.14. The molecule has 0 spiro atoms. The molecule has 3 rings (SSSR count). The van der Waals surface area contributed by atoms with Crippen molar-refractivity contribution in [1.29, 1.82) is 0 Å². The third kappa shape index (κ3) is 4.07. The number of carbonyl (C=O) groups excluding carboxylic acids is 2. The summed E-state index contributed by atoms with van der Waals surface area (Å²) in [4.78, 5) is 24.6. The Kier molecular flexibility index (Phi) is 5.15. The molecule has 1 heterocycles. The van der Waals surface area contributed by atoms with E-state index in [0.29, 0.717) is 34.0 Å². The van der Waals surface area contributed by atoms with Crippen LogP contribution in [0.1, 0.15) is 32.6 Å². The highest BCUT2D eigenvalue weighted by atomic mass is 32.1. The van der Waals surface area contributed by atoms with Crippen LogP contribution in [0.4, 0.5) is 5.69 Å². The third-order valence-electron chi connectivity index (χ3n) is 3.43. The number of aromatic nitrogens is 2. The van der Waals surface area contributed by atoms with Gasteiger partial charge in [0, 0.05) is 11.3 Å². The fourth-order valence-electron chi connectivity index (χ4n) is 2.15. The van der Waals surface area contributed by atoms with E-state index in [9.17, 15) is 9.59 Å². The zero-order chi connectivity index (χ0) is 17.6. The topological polar surface area (TPSA) is 81.2 Å². The van der Waals surface area contributed by atoms with E-state index in [1.165, 1.54) is 0 Å². The van der Waals surface area contributed by atoms with Gasteiger partial charge in [0.2, 0.25) is 0 Å². The first-order valence-corrected chi connectivity index (χ1v) is 8.44. The Balaban J connectivity index is 1.64. The van der Waals surface area contributed by atoms with E-state index >= 15 is 0 Å². The van der Waals surface area contributed by atoms with Gasteiger partial charge in [-0.1, -0.05) is 29.6 Å². The van der Waals surface area contributed by atoms with Gasteiger partial charge in [-0.15, -0.1) is 5.10 Å². The molecule has 2 aromatic carbocycles. The molecule has 0 saturated heterocycles. The van der Waals surface area contributed by atoms with Gasteiger partial charge >= 0.3 is 5.97 Å². The number of carbonyl (C=O) groups is 2. The van der Waals surface area contributed by atoms with Gasteiger partial charge in [0.05, 0.1) is 5.69 Å². The fourth-order valence-corrected chi connectivity index (χ4v) is 2.78. The zero-order valence-electron chi connectivity index (χ0n) is 13.4. The van der Waals surface area contributed by atoms with Crippen LogP contribution in [0, 0.1) is 0 Å². The number of esters is 1. The fraction of sp³-hybridized carbons (Fsp3) is 0.111. The summed E-state index contributed by atoms with van der Waals surface area (Å²) < 4.78 is 9.10. The summed E-state index contributed by atoms with van der Waals surface area (Å²) in [5.74, 6) is -0.292. The number of aryl methyl sites for hydroxylation is 1. The molecular weight excluding hydrogens is 338 g/mol. The van der Waals surface area contributed by atoms with Crippen LogP contribution in [0.15, 0.2) is 54.6 Å². The number of hydrogen-bond acceptors (Lipinski definition) is 6. The first-order valence-electron chi connectivity index (χ1n) is 7.67. The molecule has 0 atom stereocenters. The van der Waals surface area contributed by atoms with Crippen molar-refractivity contribution in [2.75, 3.05) is 5.32 Å². The molecule has 0 radical (unpaired) electrons. The highest BCUT2D eigenvalue weighted by molar-refractivity contribution is 7.07. The van der Waals surface area contributed by atoms with Gasteiger partial charge in [-0.25, -0.2) is 4.79 Å². The Morgan fingerprint density at radius 2 is 1.80 bits per heavy atom. The Labute approximate surface area is 148 Å². The van der Waals surface area contributed by atoms with Crippen LogP contribution in [-0.4, -0.2) is 21.5 Å². The van der Waals surface area contributed by atoms with Gasteiger partial charge in [0.1, 0.15) is 5.75 Å². The van der Waals surface area contributed by atoms with Crippen LogP contribution in [-0.2, 0) is 6.42 Å². The van der Waals surface area contributed by atoms with Crippen molar-refractivity contribution in [3.8, 4) is 5.75 Å². The number of nitrogens with zero attached hydrogens (tertiary/aromatic N) is 2. The van der Waals surface area contributed by atoms with Crippen LogP contribution in [0.2, 0.25) is 0 Å². The van der Waals surface area contributed by atoms with Gasteiger partial charge in [-0.05, 0) is 54.4 Å². The molecule has 0 aliphatic carbocycles. The van der Waals surface area contributed by atoms with E-state index < -0.39 is 5.97 Å². The smallest absolute Gasteiger partial charge is 0.357 e. The standard InChI is InChI=1S/C18H15N3O3S/c1-2-15-16(25-21-20-15)18(23)24-14-10-8-13(9-11-14)19-17(22)12-6-4-3-5-7-12/h3-11H,2H2,1H3,(H,19,22). The predicted molar refractivity (Wildman–Crippen MR) is 95.1 cm³/mol. The summed E-state index contributed by atoms with van der Waals surface area (Å²) in [7, 11) is 0. The van der Waals surface area contributed by atoms with Crippen molar-refractivity contribution < 1.29 is 14.3 Å². The average molecular weight is 353 g/mol. The molecule has 1 aromatic heterocycles. The Bertz CT molecular complexity index is 876. The maximum Gasteiger partial charge on any atom is 0.357 e. The Morgan fingerprint density at radius 3 is 2.48 bits per heavy atom. The molecule has 7 heteroatoms. The molecule has 1 N–H and O–H groups in total. The Hall–Kier alpha value is -3.06. The van der Waals surface area contributed by atoms with E-state index in [4.69, 9.17) is 4.74 Å². The minimum Gasteiger partial charge on any atom is -0.422 e. The maximum absolute atomic E-state index is 12.1. The summed E-state index contributed by atoms with van der Waals surface area (Å²) in [5.41, 5.74) is 1.81. The van der Waals surface area contributed by atoms with Crippen LogP contribution < -0.4 is 10.1 Å². The SMILES string of the molecule is CCc1nnsc1C(=O)Oc1ccc(NC(=O)c2ccccc2)cc1. The second kappa shape index (κ2) is 7.67. The molecule has 0 saturated carbocycles. The van der Waals surface area contributed by atoms with Crippen molar-refractivity contribution in [3.05, 3.63) is 70.7 Å². The summed E-state index contributed by atoms with van der Waals surface area (Å²) in [6.45, 7) is 1.90. The van der Waals surface area contributed by atoms with Crippen LogP contribution in [0.5, 0.6) is 5.75 Å². The summed E-state index contributed by atoms with van der Waals surface area (Å²) in [6, 6.07) is 15.5. The van der Waals surface area contributed by atoms with E-state index in [1.807, 2.05) is 13.0 Å². The second-order valence-corrected chi connectivity index (χ2v) is 5.89. The maximum atomic E-state index is 12.1. The zero-order valence-corrected chi connectivity index (χ0v) is 14.2. The normalized spacial score (nSPS) is 10.3. The molecule has 126 valence electrons. The van der Waals surface area contributed by atoms with Gasteiger partial charge < -0.3 is 10.1 Å². The first kappa shape index (κ1) is 16.8. The molecule has 0 aliphatic rings. The summed E-state index contributed by atoms with van der Waals surface area (Å²) in [5, 5.41) is 6.68. The molecule has 1 amide bonds. The third-order valence-corrected chi connectivity index (χ3v) is 4.18. The van der Waals surface area contributed by atoms with E-state index in [0.717, 1.165) is 11.5 Å². The Morgan fingerprint density at radius 1 is 1.08 bits per heavy atom. The predicted octanol–water partition coefficient (Wildman–Crippen LogP) is 3.57.